The van der Waals surface area contributed by atoms with Gasteiger partial charge in [-0.15, -0.1) is 0 Å². The van der Waals surface area contributed by atoms with Crippen molar-refractivity contribution < 1.29 is 0 Å². The minimum atomic E-state index is 0.626. The molecular formula is C12H12BrIN4. The Labute approximate surface area is 128 Å². The zero-order valence-corrected chi connectivity index (χ0v) is 13.6. The third-order valence-electron chi connectivity index (χ3n) is 2.26. The van der Waals surface area contributed by atoms with Gasteiger partial charge in [0.15, 0.2) is 5.82 Å². The maximum Gasteiger partial charge on any atom is 0.181 e. The van der Waals surface area contributed by atoms with Crippen LogP contribution in [-0.2, 0) is 0 Å². The molecule has 0 saturated heterocycles. The summed E-state index contributed by atoms with van der Waals surface area (Å²) in [7, 11) is 0. The summed E-state index contributed by atoms with van der Waals surface area (Å²) in [6, 6.07) is 3.80. The second kappa shape index (κ2) is 6.42. The Morgan fingerprint density at radius 2 is 2.22 bits per heavy atom. The summed E-state index contributed by atoms with van der Waals surface area (Å²) in [6.07, 6.45) is 4.60. The van der Waals surface area contributed by atoms with Crippen molar-refractivity contribution in [3.8, 4) is 11.5 Å². The molecule has 0 aliphatic rings. The SMILES string of the molecule is CCCNc1nc(-c2ncccc2Br)ncc1I. The van der Waals surface area contributed by atoms with Crippen molar-refractivity contribution in [2.75, 3.05) is 11.9 Å². The van der Waals surface area contributed by atoms with Crippen LogP contribution >= 0.6 is 38.5 Å². The highest BCUT2D eigenvalue weighted by molar-refractivity contribution is 14.1. The van der Waals surface area contributed by atoms with Crippen LogP contribution in [0.1, 0.15) is 13.3 Å². The molecule has 0 unspecified atom stereocenters. The zero-order valence-electron chi connectivity index (χ0n) is 9.82. The zero-order chi connectivity index (χ0) is 13.0. The van der Waals surface area contributed by atoms with E-state index in [9.17, 15) is 0 Å². The number of pyridine rings is 1. The van der Waals surface area contributed by atoms with Crippen LogP contribution < -0.4 is 5.32 Å². The molecule has 94 valence electrons. The predicted molar refractivity (Wildman–Crippen MR) is 84.5 cm³/mol. The molecule has 6 heteroatoms. The number of hydrogen-bond donors (Lipinski definition) is 1. The van der Waals surface area contributed by atoms with E-state index in [-0.39, 0.29) is 0 Å². The highest BCUT2D eigenvalue weighted by atomic mass is 127. The summed E-state index contributed by atoms with van der Waals surface area (Å²) in [5, 5.41) is 3.29. The largest absolute Gasteiger partial charge is 0.369 e. The Morgan fingerprint density at radius 1 is 1.39 bits per heavy atom. The van der Waals surface area contributed by atoms with Gasteiger partial charge in [0, 0.05) is 23.4 Å². The van der Waals surface area contributed by atoms with Gasteiger partial charge in [-0.3, -0.25) is 4.98 Å². The van der Waals surface area contributed by atoms with Crippen LogP contribution in [-0.4, -0.2) is 21.5 Å². The van der Waals surface area contributed by atoms with Gasteiger partial charge in [0.2, 0.25) is 0 Å². The van der Waals surface area contributed by atoms with Gasteiger partial charge < -0.3 is 5.32 Å². The van der Waals surface area contributed by atoms with Gasteiger partial charge in [0.05, 0.1) is 3.57 Å². The van der Waals surface area contributed by atoms with E-state index in [1.165, 1.54) is 0 Å². The molecule has 2 aromatic heterocycles. The molecule has 0 atom stereocenters. The molecule has 0 aromatic carbocycles. The molecule has 0 fully saturated rings. The van der Waals surface area contributed by atoms with Crippen LogP contribution in [0.3, 0.4) is 0 Å². The van der Waals surface area contributed by atoms with Gasteiger partial charge in [-0.25, -0.2) is 9.97 Å². The average Bonchev–Trinajstić information content (AvgIpc) is 2.39. The standard InChI is InChI=1S/C12H12BrIN4/c1-2-5-16-11-9(14)7-17-12(18-11)10-8(13)4-3-6-15-10/h3-4,6-7H,2,5H2,1H3,(H,16,17,18). The molecule has 0 aliphatic carbocycles. The van der Waals surface area contributed by atoms with E-state index in [0.29, 0.717) is 5.82 Å². The quantitative estimate of drug-likeness (QED) is 0.768. The minimum absolute atomic E-state index is 0.626. The molecule has 2 aromatic rings. The fraction of sp³-hybridized carbons (Fsp3) is 0.250. The molecule has 1 N–H and O–H groups in total. The normalized spacial score (nSPS) is 10.4. The summed E-state index contributed by atoms with van der Waals surface area (Å²) in [5.74, 6) is 1.49. The van der Waals surface area contributed by atoms with Crippen molar-refractivity contribution >= 4 is 44.3 Å². The second-order valence-corrected chi connectivity index (χ2v) is 5.67. The van der Waals surface area contributed by atoms with Gasteiger partial charge in [-0.2, -0.15) is 0 Å². The first-order valence-electron chi connectivity index (χ1n) is 5.59. The molecule has 0 bridgehead atoms. The van der Waals surface area contributed by atoms with Crippen molar-refractivity contribution in [1.29, 1.82) is 0 Å². The van der Waals surface area contributed by atoms with Crippen LogP contribution in [0.2, 0.25) is 0 Å². The molecule has 0 saturated carbocycles. The monoisotopic (exact) mass is 418 g/mol. The molecular weight excluding hydrogens is 407 g/mol. The fourth-order valence-corrected chi connectivity index (χ4v) is 2.28. The van der Waals surface area contributed by atoms with Gasteiger partial charge in [0.25, 0.3) is 0 Å². The van der Waals surface area contributed by atoms with Crippen LogP contribution in [0.5, 0.6) is 0 Å². The first-order chi connectivity index (χ1) is 8.72. The van der Waals surface area contributed by atoms with Gasteiger partial charge in [-0.1, -0.05) is 6.92 Å². The average molecular weight is 419 g/mol. The molecule has 2 rings (SSSR count). The maximum absolute atomic E-state index is 4.52. The molecule has 18 heavy (non-hydrogen) atoms. The maximum atomic E-state index is 4.52. The molecule has 4 nitrogen and oxygen atoms in total. The summed E-state index contributed by atoms with van der Waals surface area (Å²) in [5.41, 5.74) is 0.758. The number of halogens is 2. The number of rotatable bonds is 4. The molecule has 0 amide bonds. The second-order valence-electron chi connectivity index (χ2n) is 3.65. The van der Waals surface area contributed by atoms with E-state index in [1.807, 2.05) is 18.3 Å². The predicted octanol–water partition coefficient (Wildman–Crippen LogP) is 3.73. The molecule has 0 spiro atoms. The Bertz CT molecular complexity index is 547. The van der Waals surface area contributed by atoms with Gasteiger partial charge in [0.1, 0.15) is 11.5 Å². The number of nitrogens with zero attached hydrogens (tertiary/aromatic N) is 3. The molecule has 2 heterocycles. The summed E-state index contributed by atoms with van der Waals surface area (Å²) < 4.78 is 1.91. The van der Waals surface area contributed by atoms with Crippen LogP contribution in [0.4, 0.5) is 5.82 Å². The number of nitrogens with one attached hydrogen (secondary N) is 1. The lowest BCUT2D eigenvalue weighted by molar-refractivity contribution is 0.962. The van der Waals surface area contributed by atoms with E-state index >= 15 is 0 Å². The smallest absolute Gasteiger partial charge is 0.181 e. The van der Waals surface area contributed by atoms with Crippen molar-refractivity contribution in [2.45, 2.75) is 13.3 Å². The highest BCUT2D eigenvalue weighted by Gasteiger charge is 2.10. The molecule has 0 radical (unpaired) electrons. The Hall–Kier alpha value is -0.760. The lowest BCUT2D eigenvalue weighted by Gasteiger charge is -2.08. The van der Waals surface area contributed by atoms with E-state index in [4.69, 9.17) is 0 Å². The van der Waals surface area contributed by atoms with Crippen molar-refractivity contribution in [3.63, 3.8) is 0 Å². The van der Waals surface area contributed by atoms with E-state index in [2.05, 4.69) is 65.7 Å². The van der Waals surface area contributed by atoms with E-state index in [0.717, 1.165) is 32.5 Å². The number of anilines is 1. The highest BCUT2D eigenvalue weighted by Crippen LogP contribution is 2.24. The van der Waals surface area contributed by atoms with E-state index in [1.54, 1.807) is 6.20 Å². The Morgan fingerprint density at radius 3 is 2.94 bits per heavy atom. The van der Waals surface area contributed by atoms with Crippen LogP contribution in [0.25, 0.3) is 11.5 Å². The first kappa shape index (κ1) is 13.7. The Balaban J connectivity index is 2.38. The lowest BCUT2D eigenvalue weighted by Crippen LogP contribution is -2.06. The summed E-state index contributed by atoms with van der Waals surface area (Å²) >= 11 is 5.69. The molecule has 0 aliphatic heterocycles. The van der Waals surface area contributed by atoms with Crippen LogP contribution in [0, 0.1) is 3.57 Å². The van der Waals surface area contributed by atoms with Crippen molar-refractivity contribution in [3.05, 3.63) is 32.6 Å². The summed E-state index contributed by atoms with van der Waals surface area (Å²) in [4.78, 5) is 13.1. The summed E-state index contributed by atoms with van der Waals surface area (Å²) in [6.45, 7) is 3.02. The van der Waals surface area contributed by atoms with E-state index < -0.39 is 0 Å². The number of aromatic nitrogens is 3. The topological polar surface area (TPSA) is 50.7 Å². The van der Waals surface area contributed by atoms with Crippen molar-refractivity contribution in [1.82, 2.24) is 15.0 Å². The third kappa shape index (κ3) is 3.17. The lowest BCUT2D eigenvalue weighted by atomic mass is 10.3. The third-order valence-corrected chi connectivity index (χ3v) is 3.69. The minimum Gasteiger partial charge on any atom is -0.369 e. The fourth-order valence-electron chi connectivity index (χ4n) is 1.40. The number of hydrogen-bond acceptors (Lipinski definition) is 4. The van der Waals surface area contributed by atoms with Gasteiger partial charge >= 0.3 is 0 Å². The van der Waals surface area contributed by atoms with Crippen LogP contribution in [0.15, 0.2) is 29.0 Å². The van der Waals surface area contributed by atoms with Crippen molar-refractivity contribution in [2.24, 2.45) is 0 Å². The Kier molecular flexibility index (Phi) is 4.87. The van der Waals surface area contributed by atoms with Gasteiger partial charge in [-0.05, 0) is 57.1 Å². The first-order valence-corrected chi connectivity index (χ1v) is 7.47.